The van der Waals surface area contributed by atoms with E-state index in [1.807, 2.05) is 32.0 Å². The number of hydrogen-bond acceptors (Lipinski definition) is 5. The zero-order chi connectivity index (χ0) is 14.8. The molecule has 0 saturated heterocycles. The monoisotopic (exact) mass is 283 g/mol. The number of anilines is 1. The maximum atomic E-state index is 12.2. The number of amides is 1. The van der Waals surface area contributed by atoms with E-state index in [0.29, 0.717) is 5.95 Å². The summed E-state index contributed by atoms with van der Waals surface area (Å²) in [6.45, 7) is 3.89. The smallest absolute Gasteiger partial charge is 0.293 e. The minimum absolute atomic E-state index is 0.125. The topological polar surface area (TPSA) is 101 Å². The molecule has 1 aromatic carbocycles. The molecule has 0 atom stereocenters. The third kappa shape index (κ3) is 2.64. The Kier molecular flexibility index (Phi) is 3.19. The predicted octanol–water partition coefficient (Wildman–Crippen LogP) is 1.25. The highest BCUT2D eigenvalue weighted by Gasteiger charge is 2.14. The van der Waals surface area contributed by atoms with Gasteiger partial charge in [-0.1, -0.05) is 12.1 Å². The van der Waals surface area contributed by atoms with Crippen LogP contribution < -0.4 is 5.32 Å². The van der Waals surface area contributed by atoms with Crippen LogP contribution in [0.4, 0.5) is 5.69 Å². The van der Waals surface area contributed by atoms with Crippen LogP contribution in [0.5, 0.6) is 0 Å². The first-order valence-corrected chi connectivity index (χ1v) is 6.29. The van der Waals surface area contributed by atoms with Crippen LogP contribution in [0.15, 0.2) is 30.9 Å². The quantitative estimate of drug-likeness (QED) is 0.753. The van der Waals surface area contributed by atoms with Crippen molar-refractivity contribution in [1.82, 2.24) is 29.9 Å². The maximum Gasteiger partial charge on any atom is 0.293 e. The van der Waals surface area contributed by atoms with Crippen molar-refractivity contribution in [2.45, 2.75) is 13.8 Å². The van der Waals surface area contributed by atoms with E-state index < -0.39 is 0 Å². The van der Waals surface area contributed by atoms with Crippen LogP contribution in [-0.4, -0.2) is 35.9 Å². The van der Waals surface area contributed by atoms with Crippen LogP contribution in [-0.2, 0) is 0 Å². The molecule has 0 aliphatic carbocycles. The third-order valence-electron chi connectivity index (χ3n) is 2.98. The second-order valence-electron chi connectivity index (χ2n) is 4.63. The van der Waals surface area contributed by atoms with E-state index in [0.717, 1.165) is 16.8 Å². The van der Waals surface area contributed by atoms with Gasteiger partial charge in [0, 0.05) is 5.69 Å². The number of benzene rings is 1. The molecule has 2 heterocycles. The first-order chi connectivity index (χ1) is 10.1. The Labute approximate surface area is 120 Å². The van der Waals surface area contributed by atoms with Crippen molar-refractivity contribution in [2.24, 2.45) is 0 Å². The summed E-state index contributed by atoms with van der Waals surface area (Å²) in [6.07, 6.45) is 2.91. The molecule has 1 amide bonds. The van der Waals surface area contributed by atoms with Crippen molar-refractivity contribution in [2.75, 3.05) is 5.32 Å². The molecular weight excluding hydrogens is 270 g/mol. The van der Waals surface area contributed by atoms with Crippen molar-refractivity contribution < 1.29 is 4.79 Å². The zero-order valence-corrected chi connectivity index (χ0v) is 11.5. The molecule has 8 heteroatoms. The molecule has 3 aromatic rings. The minimum atomic E-state index is -0.351. The zero-order valence-electron chi connectivity index (χ0n) is 11.5. The Hall–Kier alpha value is -3.03. The van der Waals surface area contributed by atoms with Gasteiger partial charge in [0.15, 0.2) is 0 Å². The van der Waals surface area contributed by atoms with Crippen LogP contribution in [0.1, 0.15) is 21.7 Å². The average molecular weight is 283 g/mol. The molecular formula is C13H13N7O. The number of carbonyl (C=O) groups is 1. The lowest BCUT2D eigenvalue weighted by atomic mass is 10.1. The van der Waals surface area contributed by atoms with Gasteiger partial charge in [-0.15, -0.1) is 15.3 Å². The van der Waals surface area contributed by atoms with Gasteiger partial charge in [-0.25, -0.2) is 0 Å². The fourth-order valence-corrected chi connectivity index (χ4v) is 1.83. The van der Waals surface area contributed by atoms with Gasteiger partial charge in [-0.2, -0.15) is 4.98 Å². The number of aromatic nitrogens is 6. The molecule has 2 N–H and O–H groups in total. The lowest BCUT2D eigenvalue weighted by Gasteiger charge is -2.07. The summed E-state index contributed by atoms with van der Waals surface area (Å²) in [7, 11) is 0. The van der Waals surface area contributed by atoms with Gasteiger partial charge in [0.2, 0.25) is 5.82 Å². The van der Waals surface area contributed by atoms with Crippen LogP contribution in [0.25, 0.3) is 5.95 Å². The number of nitrogens with zero attached hydrogens (tertiary/aromatic N) is 5. The van der Waals surface area contributed by atoms with Crippen LogP contribution in [0.2, 0.25) is 0 Å². The third-order valence-corrected chi connectivity index (χ3v) is 2.98. The molecule has 0 aliphatic rings. The Morgan fingerprint density at radius 1 is 1.24 bits per heavy atom. The summed E-state index contributed by atoms with van der Waals surface area (Å²) < 4.78 is 1.51. The fraction of sp³-hybridized carbons (Fsp3) is 0.154. The summed E-state index contributed by atoms with van der Waals surface area (Å²) in [4.78, 5) is 16.3. The predicted molar refractivity (Wildman–Crippen MR) is 75.2 cm³/mol. The molecule has 2 aromatic heterocycles. The molecule has 21 heavy (non-hydrogen) atoms. The van der Waals surface area contributed by atoms with E-state index >= 15 is 0 Å². The summed E-state index contributed by atoms with van der Waals surface area (Å²) in [6, 6.07) is 5.85. The van der Waals surface area contributed by atoms with E-state index in [-0.39, 0.29) is 11.7 Å². The van der Waals surface area contributed by atoms with Gasteiger partial charge in [0.1, 0.15) is 12.7 Å². The molecule has 0 saturated carbocycles. The van der Waals surface area contributed by atoms with Crippen LogP contribution >= 0.6 is 0 Å². The van der Waals surface area contributed by atoms with Crippen LogP contribution in [0, 0.1) is 13.8 Å². The van der Waals surface area contributed by atoms with E-state index in [4.69, 9.17) is 0 Å². The van der Waals surface area contributed by atoms with E-state index in [1.165, 1.54) is 17.2 Å². The lowest BCUT2D eigenvalue weighted by molar-refractivity contribution is 0.101. The van der Waals surface area contributed by atoms with Gasteiger partial charge < -0.3 is 5.32 Å². The summed E-state index contributed by atoms with van der Waals surface area (Å²) >= 11 is 0. The maximum absolute atomic E-state index is 12.2. The van der Waals surface area contributed by atoms with E-state index in [9.17, 15) is 4.79 Å². The molecule has 0 radical (unpaired) electrons. The lowest BCUT2D eigenvalue weighted by Crippen LogP contribution is -2.14. The van der Waals surface area contributed by atoms with Gasteiger partial charge in [-0.05, 0) is 31.0 Å². The van der Waals surface area contributed by atoms with Gasteiger partial charge in [0.25, 0.3) is 11.9 Å². The van der Waals surface area contributed by atoms with Crippen molar-refractivity contribution in [3.8, 4) is 5.95 Å². The highest BCUT2D eigenvalue weighted by molar-refractivity contribution is 6.02. The molecule has 106 valence electrons. The van der Waals surface area contributed by atoms with E-state index in [2.05, 4.69) is 30.7 Å². The summed E-state index contributed by atoms with van der Waals surface area (Å²) in [5, 5.41) is 16.7. The first kappa shape index (κ1) is 13.0. The van der Waals surface area contributed by atoms with Crippen molar-refractivity contribution in [3.05, 3.63) is 47.8 Å². The van der Waals surface area contributed by atoms with E-state index in [1.54, 1.807) is 0 Å². The second kappa shape index (κ2) is 5.16. The number of aromatic amines is 1. The molecule has 0 unspecified atom stereocenters. The van der Waals surface area contributed by atoms with Crippen LogP contribution in [0.3, 0.4) is 0 Å². The molecule has 0 spiro atoms. The van der Waals surface area contributed by atoms with Gasteiger partial charge in [-0.3, -0.25) is 14.5 Å². The number of aryl methyl sites for hydroxylation is 2. The Morgan fingerprint density at radius 2 is 2.00 bits per heavy atom. The molecule has 0 aliphatic heterocycles. The van der Waals surface area contributed by atoms with Crippen molar-refractivity contribution in [1.29, 1.82) is 0 Å². The Bertz CT molecular complexity index is 776. The molecule has 0 fully saturated rings. The molecule has 8 nitrogen and oxygen atoms in total. The minimum Gasteiger partial charge on any atom is -0.319 e. The highest BCUT2D eigenvalue weighted by atomic mass is 16.2. The largest absolute Gasteiger partial charge is 0.319 e. The number of carbonyl (C=O) groups excluding carboxylic acids is 1. The molecule has 3 rings (SSSR count). The Balaban J connectivity index is 1.81. The number of H-pyrrole nitrogens is 1. The summed E-state index contributed by atoms with van der Waals surface area (Å²) in [5.74, 6) is 0.0845. The average Bonchev–Trinajstić information content (AvgIpc) is 3.12. The highest BCUT2D eigenvalue weighted by Crippen LogP contribution is 2.16. The van der Waals surface area contributed by atoms with Gasteiger partial charge >= 0.3 is 0 Å². The standard InChI is InChI=1S/C13H13N7O/c1-8-3-4-9(2)10(5-8)16-12(21)11-17-13(19-18-11)20-6-14-15-7-20/h3-7H,1-2H3,(H,16,21)(H,17,18,19). The normalized spacial score (nSPS) is 10.6. The summed E-state index contributed by atoms with van der Waals surface area (Å²) in [5.41, 5.74) is 2.80. The number of nitrogens with one attached hydrogen (secondary N) is 2. The first-order valence-electron chi connectivity index (χ1n) is 6.29. The van der Waals surface area contributed by atoms with Crippen molar-refractivity contribution in [3.63, 3.8) is 0 Å². The SMILES string of the molecule is Cc1ccc(C)c(NC(=O)c2nc(-n3cnnc3)n[nH]2)c1. The molecule has 0 bridgehead atoms. The number of hydrogen-bond donors (Lipinski definition) is 2. The second-order valence-corrected chi connectivity index (χ2v) is 4.63. The fourth-order valence-electron chi connectivity index (χ4n) is 1.83. The van der Waals surface area contributed by atoms with Crippen molar-refractivity contribution >= 4 is 11.6 Å². The van der Waals surface area contributed by atoms with Gasteiger partial charge in [0.05, 0.1) is 0 Å². The Morgan fingerprint density at radius 3 is 2.76 bits per heavy atom. The number of rotatable bonds is 3.